The van der Waals surface area contributed by atoms with Gasteiger partial charge in [0.2, 0.25) is 0 Å². The van der Waals surface area contributed by atoms with Crippen LogP contribution in [0.1, 0.15) is 52.9 Å². The standard InChI is InChI=1S/C17H33NO2/c1-4-7-18-16-11-13(2)10-14(3)17(16)20-12-15-5-8-19-9-6-15/h13-18H,4-12H2,1-3H3. The normalized spacial score (nSPS) is 36.1. The average Bonchev–Trinajstić information content (AvgIpc) is 2.45. The molecule has 0 radical (unpaired) electrons. The highest BCUT2D eigenvalue weighted by molar-refractivity contribution is 4.89. The topological polar surface area (TPSA) is 30.5 Å². The fraction of sp³-hybridized carbons (Fsp3) is 1.00. The van der Waals surface area contributed by atoms with Crippen molar-refractivity contribution < 1.29 is 9.47 Å². The van der Waals surface area contributed by atoms with E-state index in [0.717, 1.165) is 32.3 Å². The summed E-state index contributed by atoms with van der Waals surface area (Å²) in [5, 5.41) is 3.72. The molecule has 3 nitrogen and oxygen atoms in total. The Morgan fingerprint density at radius 2 is 1.90 bits per heavy atom. The molecule has 4 atom stereocenters. The van der Waals surface area contributed by atoms with Crippen molar-refractivity contribution in [1.82, 2.24) is 5.32 Å². The molecule has 1 heterocycles. The summed E-state index contributed by atoms with van der Waals surface area (Å²) in [7, 11) is 0. The minimum absolute atomic E-state index is 0.403. The van der Waals surface area contributed by atoms with E-state index >= 15 is 0 Å². The minimum Gasteiger partial charge on any atom is -0.381 e. The lowest BCUT2D eigenvalue weighted by Gasteiger charge is -2.40. The zero-order chi connectivity index (χ0) is 14.4. The molecule has 2 rings (SSSR count). The van der Waals surface area contributed by atoms with E-state index in [2.05, 4.69) is 26.1 Å². The molecule has 3 heteroatoms. The molecule has 0 amide bonds. The summed E-state index contributed by atoms with van der Waals surface area (Å²) in [6.45, 7) is 10.9. The largest absolute Gasteiger partial charge is 0.381 e. The second kappa shape index (κ2) is 8.35. The molecule has 0 bridgehead atoms. The first-order chi connectivity index (χ1) is 9.70. The van der Waals surface area contributed by atoms with Crippen molar-refractivity contribution in [2.75, 3.05) is 26.4 Å². The van der Waals surface area contributed by atoms with Crippen LogP contribution in [0.15, 0.2) is 0 Å². The molecular formula is C17H33NO2. The van der Waals surface area contributed by atoms with Crippen LogP contribution in [-0.4, -0.2) is 38.5 Å². The Bertz CT molecular complexity index is 266. The van der Waals surface area contributed by atoms with Crippen LogP contribution in [0.3, 0.4) is 0 Å². The molecule has 0 aromatic heterocycles. The van der Waals surface area contributed by atoms with E-state index in [0.29, 0.717) is 24.0 Å². The highest BCUT2D eigenvalue weighted by Gasteiger charge is 2.34. The van der Waals surface area contributed by atoms with E-state index in [1.54, 1.807) is 0 Å². The second-order valence-corrected chi connectivity index (χ2v) is 6.97. The van der Waals surface area contributed by atoms with E-state index in [9.17, 15) is 0 Å². The molecule has 0 aromatic rings. The predicted octanol–water partition coefficient (Wildman–Crippen LogP) is 3.23. The third-order valence-electron chi connectivity index (χ3n) is 4.91. The smallest absolute Gasteiger partial charge is 0.0753 e. The molecule has 1 aliphatic carbocycles. The van der Waals surface area contributed by atoms with Gasteiger partial charge in [-0.25, -0.2) is 0 Å². The quantitative estimate of drug-likeness (QED) is 0.812. The average molecular weight is 283 g/mol. The number of nitrogens with one attached hydrogen (secondary N) is 1. The van der Waals surface area contributed by atoms with Gasteiger partial charge in [-0.3, -0.25) is 0 Å². The Morgan fingerprint density at radius 3 is 2.60 bits per heavy atom. The summed E-state index contributed by atoms with van der Waals surface area (Å²) in [6.07, 6.45) is 6.52. The highest BCUT2D eigenvalue weighted by atomic mass is 16.5. The third kappa shape index (κ3) is 4.71. The third-order valence-corrected chi connectivity index (χ3v) is 4.91. The van der Waals surface area contributed by atoms with Crippen molar-refractivity contribution in [3.05, 3.63) is 0 Å². The van der Waals surface area contributed by atoms with Crippen LogP contribution < -0.4 is 5.32 Å². The fourth-order valence-electron chi connectivity index (χ4n) is 3.80. The van der Waals surface area contributed by atoms with Crippen molar-refractivity contribution in [1.29, 1.82) is 0 Å². The van der Waals surface area contributed by atoms with Crippen molar-refractivity contribution in [2.24, 2.45) is 17.8 Å². The Kier molecular flexibility index (Phi) is 6.79. The molecule has 118 valence electrons. The molecule has 20 heavy (non-hydrogen) atoms. The summed E-state index contributed by atoms with van der Waals surface area (Å²) in [5.74, 6) is 2.21. The minimum atomic E-state index is 0.403. The number of ether oxygens (including phenoxy) is 2. The van der Waals surface area contributed by atoms with Crippen LogP contribution in [0.5, 0.6) is 0 Å². The first-order valence-corrected chi connectivity index (χ1v) is 8.63. The lowest BCUT2D eigenvalue weighted by Crippen LogP contribution is -2.50. The van der Waals surface area contributed by atoms with E-state index in [4.69, 9.17) is 9.47 Å². The summed E-state index contributed by atoms with van der Waals surface area (Å²) >= 11 is 0. The zero-order valence-corrected chi connectivity index (χ0v) is 13.6. The van der Waals surface area contributed by atoms with Crippen molar-refractivity contribution in [3.63, 3.8) is 0 Å². The maximum atomic E-state index is 6.37. The lowest BCUT2D eigenvalue weighted by atomic mass is 9.78. The van der Waals surface area contributed by atoms with Gasteiger partial charge in [-0.2, -0.15) is 0 Å². The van der Waals surface area contributed by atoms with E-state index in [1.165, 1.54) is 32.1 Å². The Labute approximate surface area is 124 Å². The Morgan fingerprint density at radius 1 is 1.15 bits per heavy atom. The van der Waals surface area contributed by atoms with Crippen LogP contribution in [0, 0.1) is 17.8 Å². The van der Waals surface area contributed by atoms with Crippen molar-refractivity contribution in [3.8, 4) is 0 Å². The van der Waals surface area contributed by atoms with E-state index < -0.39 is 0 Å². The monoisotopic (exact) mass is 283 g/mol. The molecular weight excluding hydrogens is 250 g/mol. The van der Waals surface area contributed by atoms with Crippen LogP contribution in [-0.2, 0) is 9.47 Å². The van der Waals surface area contributed by atoms with Crippen LogP contribution in [0.25, 0.3) is 0 Å². The fourth-order valence-corrected chi connectivity index (χ4v) is 3.80. The Balaban J connectivity index is 1.83. The molecule has 0 aromatic carbocycles. The van der Waals surface area contributed by atoms with E-state index in [-0.39, 0.29) is 0 Å². The number of rotatable bonds is 6. The van der Waals surface area contributed by atoms with Gasteiger partial charge in [0.05, 0.1) is 12.7 Å². The second-order valence-electron chi connectivity index (χ2n) is 6.97. The predicted molar refractivity (Wildman–Crippen MR) is 82.9 cm³/mol. The molecule has 4 unspecified atom stereocenters. The van der Waals surface area contributed by atoms with Gasteiger partial charge in [-0.1, -0.05) is 20.8 Å². The maximum absolute atomic E-state index is 6.37. The summed E-state index contributed by atoms with van der Waals surface area (Å²) in [5.41, 5.74) is 0. The molecule has 1 saturated heterocycles. The number of hydrogen-bond acceptors (Lipinski definition) is 3. The van der Waals surface area contributed by atoms with Crippen LogP contribution >= 0.6 is 0 Å². The summed E-state index contributed by atoms with van der Waals surface area (Å²) < 4.78 is 11.8. The van der Waals surface area contributed by atoms with E-state index in [1.807, 2.05) is 0 Å². The summed E-state index contributed by atoms with van der Waals surface area (Å²) in [6, 6.07) is 0.550. The maximum Gasteiger partial charge on any atom is 0.0753 e. The first kappa shape index (κ1) is 16.3. The van der Waals surface area contributed by atoms with Gasteiger partial charge >= 0.3 is 0 Å². The molecule has 2 fully saturated rings. The zero-order valence-electron chi connectivity index (χ0n) is 13.6. The van der Waals surface area contributed by atoms with Crippen LogP contribution in [0.4, 0.5) is 0 Å². The van der Waals surface area contributed by atoms with Gasteiger partial charge in [0.15, 0.2) is 0 Å². The van der Waals surface area contributed by atoms with Gasteiger partial charge < -0.3 is 14.8 Å². The lowest BCUT2D eigenvalue weighted by molar-refractivity contribution is -0.0649. The number of hydrogen-bond donors (Lipinski definition) is 1. The molecule has 1 N–H and O–H groups in total. The highest BCUT2D eigenvalue weighted by Crippen LogP contribution is 2.32. The van der Waals surface area contributed by atoms with Crippen LogP contribution in [0.2, 0.25) is 0 Å². The van der Waals surface area contributed by atoms with Gasteiger partial charge in [-0.15, -0.1) is 0 Å². The molecule has 1 saturated carbocycles. The van der Waals surface area contributed by atoms with Gasteiger partial charge in [0.1, 0.15) is 0 Å². The first-order valence-electron chi connectivity index (χ1n) is 8.63. The Hall–Kier alpha value is -0.120. The van der Waals surface area contributed by atoms with Gasteiger partial charge in [0, 0.05) is 19.3 Å². The summed E-state index contributed by atoms with van der Waals surface area (Å²) in [4.78, 5) is 0. The molecule has 2 aliphatic rings. The van der Waals surface area contributed by atoms with Gasteiger partial charge in [-0.05, 0) is 56.4 Å². The molecule has 0 spiro atoms. The van der Waals surface area contributed by atoms with Gasteiger partial charge in [0.25, 0.3) is 0 Å². The molecule has 1 aliphatic heterocycles. The van der Waals surface area contributed by atoms with Crippen molar-refractivity contribution >= 4 is 0 Å². The van der Waals surface area contributed by atoms with Crippen molar-refractivity contribution in [2.45, 2.75) is 65.0 Å². The SMILES string of the molecule is CCCNC1CC(C)CC(C)C1OCC1CCOCC1.